The van der Waals surface area contributed by atoms with E-state index >= 15 is 0 Å². The fourth-order valence-corrected chi connectivity index (χ4v) is 3.92. The number of carbonyl (C=O) groups is 1. The molecule has 0 radical (unpaired) electrons. The number of nitrogens with zero attached hydrogens (tertiary/aromatic N) is 2. The van der Waals surface area contributed by atoms with Crippen LogP contribution in [-0.4, -0.2) is 54.1 Å². The van der Waals surface area contributed by atoms with Crippen molar-refractivity contribution >= 4 is 21.9 Å². The van der Waals surface area contributed by atoms with E-state index in [1.54, 1.807) is 12.1 Å². The van der Waals surface area contributed by atoms with Crippen LogP contribution in [0.15, 0.2) is 58.2 Å². The van der Waals surface area contributed by atoms with Crippen molar-refractivity contribution in [1.82, 2.24) is 9.80 Å². The summed E-state index contributed by atoms with van der Waals surface area (Å²) in [5.41, 5.74) is 4.20. The van der Waals surface area contributed by atoms with Gasteiger partial charge in [-0.3, -0.25) is 4.90 Å². The third kappa shape index (κ3) is 6.86. The van der Waals surface area contributed by atoms with Crippen molar-refractivity contribution in [3.63, 3.8) is 0 Å². The van der Waals surface area contributed by atoms with E-state index in [4.69, 9.17) is 5.11 Å². The summed E-state index contributed by atoms with van der Waals surface area (Å²) in [5.74, 6) is -0.354. The van der Waals surface area contributed by atoms with Gasteiger partial charge in [0.25, 0.3) is 0 Å². The van der Waals surface area contributed by atoms with Gasteiger partial charge in [-0.15, -0.1) is 0 Å². The highest BCUT2D eigenvalue weighted by Crippen LogP contribution is 2.30. The van der Waals surface area contributed by atoms with Crippen molar-refractivity contribution in [2.24, 2.45) is 0 Å². The first-order valence-electron chi connectivity index (χ1n) is 10.2. The standard InChI is InChI=1S/C24H33BrN2O2/c1-17(16-18(2)23(25)12-13-26(4)5)19(3)27-14-10-21(11-15-27)20-6-8-22(9-7-20)24(28)29/h6-9,12-13,16,19,21H,10-11,14-15H2,1-5H3,(H,28,29)/b13-12-,17-16+,23-18-. The van der Waals surface area contributed by atoms with Gasteiger partial charge in [0.1, 0.15) is 0 Å². The maximum absolute atomic E-state index is 11.0. The van der Waals surface area contributed by atoms with Gasteiger partial charge >= 0.3 is 5.97 Å². The predicted octanol–water partition coefficient (Wildman–Crippen LogP) is 5.64. The molecule has 29 heavy (non-hydrogen) atoms. The molecule has 0 aromatic heterocycles. The van der Waals surface area contributed by atoms with E-state index in [9.17, 15) is 4.79 Å². The number of allylic oxidation sites excluding steroid dienone is 4. The van der Waals surface area contributed by atoms with Crippen LogP contribution in [-0.2, 0) is 0 Å². The van der Waals surface area contributed by atoms with Crippen molar-refractivity contribution in [2.45, 2.75) is 45.6 Å². The molecule has 1 N–H and O–H groups in total. The highest BCUT2D eigenvalue weighted by molar-refractivity contribution is 9.11. The number of rotatable bonds is 7. The Hall–Kier alpha value is -1.85. The summed E-state index contributed by atoms with van der Waals surface area (Å²) in [6, 6.07) is 7.80. The van der Waals surface area contributed by atoms with Crippen LogP contribution in [0.2, 0.25) is 0 Å². The van der Waals surface area contributed by atoms with Crippen molar-refractivity contribution in [3.8, 4) is 0 Å². The SMILES string of the molecule is CC(/C=C(\C)C(C)N1CCC(c2ccc(C(=O)O)cc2)CC1)=C(Br)\C=C/N(C)C. The minimum Gasteiger partial charge on any atom is -0.478 e. The van der Waals surface area contributed by atoms with Crippen molar-refractivity contribution in [2.75, 3.05) is 27.2 Å². The van der Waals surface area contributed by atoms with Crippen LogP contribution in [0.4, 0.5) is 0 Å². The van der Waals surface area contributed by atoms with Crippen LogP contribution in [0.1, 0.15) is 55.5 Å². The van der Waals surface area contributed by atoms with E-state index < -0.39 is 5.97 Å². The number of carboxylic acid groups (broad SMARTS) is 1. The second-order valence-corrected chi connectivity index (χ2v) is 8.97. The third-order valence-electron chi connectivity index (χ3n) is 5.71. The van der Waals surface area contributed by atoms with Crippen molar-refractivity contribution < 1.29 is 9.90 Å². The number of benzene rings is 1. The molecule has 4 nitrogen and oxygen atoms in total. The molecule has 0 amide bonds. The number of hydrogen-bond acceptors (Lipinski definition) is 3. The van der Waals surface area contributed by atoms with Gasteiger partial charge in [-0.05, 0) is 88.2 Å². The van der Waals surface area contributed by atoms with Crippen LogP contribution < -0.4 is 0 Å². The lowest BCUT2D eigenvalue weighted by Gasteiger charge is -2.36. The molecule has 1 fully saturated rings. The van der Waals surface area contributed by atoms with Gasteiger partial charge in [-0.25, -0.2) is 4.79 Å². The Labute approximate surface area is 183 Å². The Kier molecular flexibility index (Phi) is 8.72. The van der Waals surface area contributed by atoms with Gasteiger partial charge < -0.3 is 10.0 Å². The summed E-state index contributed by atoms with van der Waals surface area (Å²) >= 11 is 3.66. The number of aromatic carboxylic acids is 1. The van der Waals surface area contributed by atoms with E-state index in [2.05, 4.69) is 53.8 Å². The summed E-state index contributed by atoms with van der Waals surface area (Å²) in [7, 11) is 4.03. The zero-order chi connectivity index (χ0) is 21.6. The molecule has 1 heterocycles. The molecule has 2 rings (SSSR count). The molecule has 0 spiro atoms. The normalized spacial score (nSPS) is 18.6. The van der Waals surface area contributed by atoms with E-state index in [1.807, 2.05) is 37.3 Å². The lowest BCUT2D eigenvalue weighted by molar-refractivity contribution is 0.0697. The first-order chi connectivity index (χ1) is 13.7. The molecule has 1 aliphatic heterocycles. The molecule has 0 saturated carbocycles. The third-order valence-corrected chi connectivity index (χ3v) is 6.59. The largest absolute Gasteiger partial charge is 0.478 e. The van der Waals surface area contributed by atoms with Gasteiger partial charge in [0.2, 0.25) is 0 Å². The predicted molar refractivity (Wildman–Crippen MR) is 125 cm³/mol. The highest BCUT2D eigenvalue weighted by Gasteiger charge is 2.24. The van der Waals surface area contributed by atoms with E-state index in [-0.39, 0.29) is 0 Å². The molecule has 1 aromatic rings. The van der Waals surface area contributed by atoms with Gasteiger partial charge in [0, 0.05) is 24.6 Å². The second-order valence-electron chi connectivity index (χ2n) is 8.11. The Balaban J connectivity index is 1.97. The van der Waals surface area contributed by atoms with Crippen LogP contribution in [0.25, 0.3) is 0 Å². The number of hydrogen-bond donors (Lipinski definition) is 1. The molecule has 1 atom stereocenters. The first kappa shape index (κ1) is 23.4. The minimum absolute atomic E-state index is 0.357. The minimum atomic E-state index is -0.865. The molecule has 0 aliphatic carbocycles. The monoisotopic (exact) mass is 460 g/mol. The molecule has 1 aliphatic rings. The Bertz CT molecular complexity index is 786. The van der Waals surface area contributed by atoms with Gasteiger partial charge in [0.05, 0.1) is 5.56 Å². The van der Waals surface area contributed by atoms with Crippen LogP contribution in [0.5, 0.6) is 0 Å². The van der Waals surface area contributed by atoms with E-state index in [0.29, 0.717) is 17.5 Å². The molecular weight excluding hydrogens is 428 g/mol. The summed E-state index contributed by atoms with van der Waals surface area (Å²) < 4.78 is 1.10. The fraction of sp³-hybridized carbons (Fsp3) is 0.458. The maximum Gasteiger partial charge on any atom is 0.335 e. The molecule has 5 heteroatoms. The number of likely N-dealkylation sites (tertiary alicyclic amines) is 1. The summed E-state index contributed by atoms with van der Waals surface area (Å²) in [6.45, 7) is 8.74. The Morgan fingerprint density at radius 3 is 2.31 bits per heavy atom. The van der Waals surface area contributed by atoms with E-state index in [1.165, 1.54) is 16.7 Å². The van der Waals surface area contributed by atoms with Gasteiger partial charge in [-0.2, -0.15) is 0 Å². The molecule has 1 unspecified atom stereocenters. The van der Waals surface area contributed by atoms with Crippen LogP contribution in [0.3, 0.4) is 0 Å². The van der Waals surface area contributed by atoms with Gasteiger partial charge in [0.15, 0.2) is 0 Å². The number of piperidine rings is 1. The Morgan fingerprint density at radius 2 is 1.79 bits per heavy atom. The Morgan fingerprint density at radius 1 is 1.21 bits per heavy atom. The molecule has 158 valence electrons. The smallest absolute Gasteiger partial charge is 0.335 e. The lowest BCUT2D eigenvalue weighted by Crippen LogP contribution is -2.40. The fourth-order valence-electron chi connectivity index (χ4n) is 3.68. The first-order valence-corrected chi connectivity index (χ1v) is 10.9. The molecule has 1 saturated heterocycles. The van der Waals surface area contributed by atoms with Crippen molar-refractivity contribution in [3.05, 3.63) is 69.4 Å². The number of carboxylic acids is 1. The number of halogens is 1. The second kappa shape index (κ2) is 10.8. The topological polar surface area (TPSA) is 43.8 Å². The molecule has 1 aromatic carbocycles. The zero-order valence-corrected chi connectivity index (χ0v) is 19.7. The summed E-state index contributed by atoms with van der Waals surface area (Å²) in [6.07, 6.45) is 8.59. The molecule has 0 bridgehead atoms. The summed E-state index contributed by atoms with van der Waals surface area (Å²) in [4.78, 5) is 15.6. The maximum atomic E-state index is 11.0. The van der Waals surface area contributed by atoms with E-state index in [0.717, 1.165) is 30.4 Å². The highest BCUT2D eigenvalue weighted by atomic mass is 79.9. The molecular formula is C24H33BrN2O2. The lowest BCUT2D eigenvalue weighted by atomic mass is 9.88. The average molecular weight is 461 g/mol. The van der Waals surface area contributed by atoms with Crippen molar-refractivity contribution in [1.29, 1.82) is 0 Å². The van der Waals surface area contributed by atoms with Gasteiger partial charge in [-0.1, -0.05) is 39.7 Å². The quantitative estimate of drug-likeness (QED) is 0.534. The average Bonchev–Trinajstić information content (AvgIpc) is 2.71. The van der Waals surface area contributed by atoms with Crippen LogP contribution >= 0.6 is 15.9 Å². The van der Waals surface area contributed by atoms with Crippen LogP contribution in [0, 0.1) is 0 Å². The summed E-state index contributed by atoms with van der Waals surface area (Å²) in [5, 5.41) is 9.06. The zero-order valence-electron chi connectivity index (χ0n) is 18.2.